The van der Waals surface area contributed by atoms with Crippen LogP contribution in [-0.4, -0.2) is 42.3 Å². The lowest BCUT2D eigenvalue weighted by Gasteiger charge is -2.33. The second kappa shape index (κ2) is 4.80. The smallest absolute Gasteiger partial charge is 0.0558 e. The standard InChI is InChI=1S/C9H20N2O/c1-8(10)9-2-4-11(5-3-9)6-7-12/h8-9,12H,2-7,10H2,1H3. The first kappa shape index (κ1) is 9.96. The molecule has 1 unspecified atom stereocenters. The van der Waals surface area contributed by atoms with Gasteiger partial charge in [-0.15, -0.1) is 0 Å². The lowest BCUT2D eigenvalue weighted by Crippen LogP contribution is -2.40. The molecule has 3 nitrogen and oxygen atoms in total. The predicted molar refractivity (Wildman–Crippen MR) is 49.9 cm³/mol. The Morgan fingerprint density at radius 3 is 2.50 bits per heavy atom. The first-order valence-corrected chi connectivity index (χ1v) is 4.83. The Hall–Kier alpha value is -0.120. The fourth-order valence-corrected chi connectivity index (χ4v) is 1.84. The summed E-state index contributed by atoms with van der Waals surface area (Å²) in [6, 6.07) is 0.335. The third kappa shape index (κ3) is 2.73. The molecule has 3 heteroatoms. The first-order chi connectivity index (χ1) is 5.74. The van der Waals surface area contributed by atoms with Gasteiger partial charge in [0.1, 0.15) is 0 Å². The highest BCUT2D eigenvalue weighted by molar-refractivity contribution is 4.77. The fraction of sp³-hybridized carbons (Fsp3) is 1.00. The molecule has 0 spiro atoms. The van der Waals surface area contributed by atoms with Crippen molar-refractivity contribution in [2.24, 2.45) is 11.7 Å². The van der Waals surface area contributed by atoms with E-state index in [1.807, 2.05) is 0 Å². The summed E-state index contributed by atoms with van der Waals surface area (Å²) in [5, 5.41) is 8.73. The van der Waals surface area contributed by atoms with Crippen LogP contribution >= 0.6 is 0 Å². The van der Waals surface area contributed by atoms with Gasteiger partial charge < -0.3 is 15.7 Å². The van der Waals surface area contributed by atoms with Crippen molar-refractivity contribution in [2.75, 3.05) is 26.2 Å². The van der Waals surface area contributed by atoms with E-state index in [9.17, 15) is 0 Å². The fourth-order valence-electron chi connectivity index (χ4n) is 1.84. The number of β-amino-alcohol motifs (C(OH)–C–C–N with tert-alkyl or cyclic N) is 1. The maximum Gasteiger partial charge on any atom is 0.0558 e. The summed E-state index contributed by atoms with van der Waals surface area (Å²) < 4.78 is 0. The monoisotopic (exact) mass is 172 g/mol. The van der Waals surface area contributed by atoms with Crippen LogP contribution in [0.15, 0.2) is 0 Å². The molecule has 72 valence electrons. The Labute approximate surface area is 74.5 Å². The van der Waals surface area contributed by atoms with E-state index < -0.39 is 0 Å². The summed E-state index contributed by atoms with van der Waals surface area (Å²) in [4.78, 5) is 2.30. The Kier molecular flexibility index (Phi) is 3.98. The van der Waals surface area contributed by atoms with E-state index in [2.05, 4.69) is 11.8 Å². The Bertz CT molecular complexity index is 120. The average Bonchev–Trinajstić information content (AvgIpc) is 2.06. The van der Waals surface area contributed by atoms with Crippen molar-refractivity contribution in [3.05, 3.63) is 0 Å². The lowest BCUT2D eigenvalue weighted by atomic mass is 9.91. The number of aliphatic hydroxyl groups excluding tert-OH is 1. The van der Waals surface area contributed by atoms with Crippen molar-refractivity contribution in [2.45, 2.75) is 25.8 Å². The molecule has 12 heavy (non-hydrogen) atoms. The van der Waals surface area contributed by atoms with Crippen molar-refractivity contribution in [3.8, 4) is 0 Å². The molecule has 1 saturated heterocycles. The SMILES string of the molecule is CC(N)C1CCN(CCO)CC1. The maximum absolute atomic E-state index is 8.73. The average molecular weight is 172 g/mol. The molecule has 0 amide bonds. The molecule has 0 bridgehead atoms. The molecule has 0 aromatic heterocycles. The van der Waals surface area contributed by atoms with E-state index in [1.165, 1.54) is 12.8 Å². The third-order valence-electron chi connectivity index (χ3n) is 2.79. The number of nitrogens with zero attached hydrogens (tertiary/aromatic N) is 1. The predicted octanol–water partition coefficient (Wildman–Crippen LogP) is 0.0379. The van der Waals surface area contributed by atoms with Gasteiger partial charge in [0.15, 0.2) is 0 Å². The largest absolute Gasteiger partial charge is 0.395 e. The summed E-state index contributed by atoms with van der Waals surface area (Å²) in [5.74, 6) is 0.694. The van der Waals surface area contributed by atoms with Crippen LogP contribution in [0.1, 0.15) is 19.8 Å². The van der Waals surface area contributed by atoms with Crippen LogP contribution in [0.3, 0.4) is 0 Å². The first-order valence-electron chi connectivity index (χ1n) is 4.83. The Balaban J connectivity index is 2.20. The normalized spacial score (nSPS) is 24.2. The molecule has 1 aliphatic heterocycles. The minimum atomic E-state index is 0.281. The molecule has 3 N–H and O–H groups in total. The molecule has 0 aromatic carbocycles. The molecule has 1 atom stereocenters. The summed E-state index contributed by atoms with van der Waals surface area (Å²) in [5.41, 5.74) is 5.82. The zero-order chi connectivity index (χ0) is 8.97. The number of hydrogen-bond acceptors (Lipinski definition) is 3. The van der Waals surface area contributed by atoms with Crippen molar-refractivity contribution in [1.82, 2.24) is 4.90 Å². The number of hydrogen-bond donors (Lipinski definition) is 2. The van der Waals surface area contributed by atoms with Crippen LogP contribution in [0.2, 0.25) is 0 Å². The maximum atomic E-state index is 8.73. The topological polar surface area (TPSA) is 49.5 Å². The van der Waals surface area contributed by atoms with Gasteiger partial charge in [0.2, 0.25) is 0 Å². The van der Waals surface area contributed by atoms with Gasteiger partial charge in [0.25, 0.3) is 0 Å². The van der Waals surface area contributed by atoms with Crippen molar-refractivity contribution in [3.63, 3.8) is 0 Å². The number of nitrogens with two attached hydrogens (primary N) is 1. The van der Waals surface area contributed by atoms with Crippen molar-refractivity contribution < 1.29 is 5.11 Å². The number of aliphatic hydroxyl groups is 1. The van der Waals surface area contributed by atoms with E-state index in [-0.39, 0.29) is 6.61 Å². The van der Waals surface area contributed by atoms with Crippen LogP contribution < -0.4 is 5.73 Å². The number of piperidine rings is 1. The van der Waals surface area contributed by atoms with Crippen molar-refractivity contribution >= 4 is 0 Å². The summed E-state index contributed by atoms with van der Waals surface area (Å²) in [6.07, 6.45) is 2.38. The quantitative estimate of drug-likeness (QED) is 0.632. The highest BCUT2D eigenvalue weighted by Gasteiger charge is 2.20. The summed E-state index contributed by atoms with van der Waals surface area (Å²) >= 11 is 0. The van der Waals surface area contributed by atoms with E-state index in [1.54, 1.807) is 0 Å². The molecular formula is C9H20N2O. The summed E-state index contributed by atoms with van der Waals surface area (Å²) in [7, 11) is 0. The van der Waals surface area contributed by atoms with Gasteiger partial charge in [-0.3, -0.25) is 0 Å². The lowest BCUT2D eigenvalue weighted by molar-refractivity contribution is 0.140. The Morgan fingerprint density at radius 2 is 2.08 bits per heavy atom. The van der Waals surface area contributed by atoms with E-state index >= 15 is 0 Å². The molecule has 0 aliphatic carbocycles. The van der Waals surface area contributed by atoms with E-state index in [4.69, 9.17) is 10.8 Å². The van der Waals surface area contributed by atoms with Crippen LogP contribution in [0, 0.1) is 5.92 Å². The van der Waals surface area contributed by atoms with Gasteiger partial charge in [0.05, 0.1) is 6.61 Å². The van der Waals surface area contributed by atoms with Gasteiger partial charge in [-0.2, -0.15) is 0 Å². The second-order valence-electron chi connectivity index (χ2n) is 3.76. The van der Waals surface area contributed by atoms with Gasteiger partial charge >= 0.3 is 0 Å². The van der Waals surface area contributed by atoms with Gasteiger partial charge in [-0.05, 0) is 38.8 Å². The second-order valence-corrected chi connectivity index (χ2v) is 3.76. The summed E-state index contributed by atoms with van der Waals surface area (Å²) in [6.45, 7) is 5.40. The number of likely N-dealkylation sites (tertiary alicyclic amines) is 1. The van der Waals surface area contributed by atoms with E-state index in [0.29, 0.717) is 12.0 Å². The van der Waals surface area contributed by atoms with Crippen LogP contribution in [0.5, 0.6) is 0 Å². The molecule has 1 fully saturated rings. The Morgan fingerprint density at radius 1 is 1.50 bits per heavy atom. The van der Waals surface area contributed by atoms with Crippen LogP contribution in [0.25, 0.3) is 0 Å². The van der Waals surface area contributed by atoms with Crippen molar-refractivity contribution in [1.29, 1.82) is 0 Å². The van der Waals surface area contributed by atoms with Gasteiger partial charge in [-0.25, -0.2) is 0 Å². The molecule has 1 rings (SSSR count). The minimum absolute atomic E-state index is 0.281. The zero-order valence-electron chi connectivity index (χ0n) is 7.87. The van der Waals surface area contributed by atoms with Crippen LogP contribution in [-0.2, 0) is 0 Å². The molecule has 0 radical (unpaired) electrons. The molecule has 1 heterocycles. The minimum Gasteiger partial charge on any atom is -0.395 e. The molecular weight excluding hydrogens is 152 g/mol. The van der Waals surface area contributed by atoms with Gasteiger partial charge in [0, 0.05) is 12.6 Å². The highest BCUT2D eigenvalue weighted by Crippen LogP contribution is 2.18. The van der Waals surface area contributed by atoms with E-state index in [0.717, 1.165) is 19.6 Å². The molecule has 0 aromatic rings. The van der Waals surface area contributed by atoms with Crippen LogP contribution in [0.4, 0.5) is 0 Å². The van der Waals surface area contributed by atoms with Gasteiger partial charge in [-0.1, -0.05) is 0 Å². The molecule has 0 saturated carbocycles. The highest BCUT2D eigenvalue weighted by atomic mass is 16.3. The third-order valence-corrected chi connectivity index (χ3v) is 2.79. The molecule has 1 aliphatic rings. The zero-order valence-corrected chi connectivity index (χ0v) is 7.87. The number of rotatable bonds is 3.